The van der Waals surface area contributed by atoms with Gasteiger partial charge in [-0.25, -0.2) is 0 Å². The van der Waals surface area contributed by atoms with Gasteiger partial charge in [-0.1, -0.05) is 53.2 Å². The molecule has 3 saturated carbocycles. The van der Waals surface area contributed by atoms with E-state index >= 15 is 4.79 Å². The molecule has 6 heterocycles. The topological polar surface area (TPSA) is 553 Å². The van der Waals surface area contributed by atoms with Crippen LogP contribution in [0.2, 0.25) is 0 Å². The van der Waals surface area contributed by atoms with Crippen molar-refractivity contribution >= 4 is 5.78 Å². The maximum atomic E-state index is 15.6. The summed E-state index contributed by atoms with van der Waals surface area (Å²) in [7, 11) is 0. The molecule has 6 saturated heterocycles. The molecule has 0 aromatic heterocycles. The number of hydrogen-bond acceptors (Lipinski definition) is 34. The molecule has 21 N–H and O–H groups in total. The minimum absolute atomic E-state index is 0.0533. The van der Waals surface area contributed by atoms with Gasteiger partial charge in [0.15, 0.2) is 37.7 Å². The van der Waals surface area contributed by atoms with E-state index in [0.717, 1.165) is 18.4 Å². The Morgan fingerprint density at radius 2 is 0.880 bits per heavy atom. The Morgan fingerprint density at radius 1 is 0.480 bits per heavy atom. The number of carbonyl (C=O) groups is 1. The zero-order chi connectivity index (χ0) is 73.5. The highest BCUT2D eigenvalue weighted by molar-refractivity contribution is 5.88. The van der Waals surface area contributed by atoms with Crippen molar-refractivity contribution in [1.29, 1.82) is 0 Å². The standard InChI is InChI=1S/C66H110O34/c1-24(9-13-37(63(4,5)88)98-61-55(100-59-53(87)47(81)41(75)31(21-70)94-59)49(83)43(77)33(96-61)23-90-57-51(85)45(79)39(73)29(19-68)92-57)25-15-16-64(6)34-12-10-26-27(66(34,8)35(71)17-65(25,64)7)11-14-36(62(26,2)3)97-60-54(99-58-52(86)46(80)40(74)30(20-69)93-58)48(82)42(76)32(95-60)22-89-56-50(84)44(78)38(72)28(18-67)91-56/h10,24-25,27-34,36-61,67-70,72-88H,9,11-23H2,1-8H3/t24-,25?,27?,28?,29?,30?,31?,32?,33?,34?,36+,37-,38?,39?,40?,41?,42?,43?,44?,45?,46?,47?,48?,49?,50?,51?,52?,53?,54?,55?,56?,57?,58?,59?,60?,61?,64+,65-,66+/m1/s1. The van der Waals surface area contributed by atoms with Crippen molar-refractivity contribution in [1.82, 2.24) is 0 Å². The van der Waals surface area contributed by atoms with Crippen LogP contribution in [0.5, 0.6) is 0 Å². The fraction of sp³-hybridized carbons (Fsp3) is 0.955. The second-order valence-corrected chi connectivity index (χ2v) is 31.3. The lowest BCUT2D eigenvalue weighted by Crippen LogP contribution is -2.66. The third kappa shape index (κ3) is 14.7. The normalized spacial score (nSPS) is 51.3. The summed E-state index contributed by atoms with van der Waals surface area (Å²) >= 11 is 0. The largest absolute Gasteiger partial charge is 0.394 e. The molecule has 10 aliphatic rings. The number of aliphatic hydroxyl groups excluding tert-OH is 20. The first kappa shape index (κ1) is 80.6. The van der Waals surface area contributed by atoms with E-state index in [4.69, 9.17) is 56.8 Å². The van der Waals surface area contributed by atoms with Gasteiger partial charge >= 0.3 is 0 Å². The lowest BCUT2D eigenvalue weighted by Gasteiger charge is -2.65. The van der Waals surface area contributed by atoms with E-state index in [9.17, 15) is 107 Å². The van der Waals surface area contributed by atoms with Gasteiger partial charge in [-0.2, -0.15) is 0 Å². The smallest absolute Gasteiger partial charge is 0.187 e. The summed E-state index contributed by atoms with van der Waals surface area (Å²) in [5.74, 6) is -0.546. The van der Waals surface area contributed by atoms with Crippen LogP contribution in [0.3, 0.4) is 0 Å². The van der Waals surface area contributed by atoms with Crippen LogP contribution in [0, 0.1) is 45.3 Å². The number of ether oxygens (including phenoxy) is 12. The van der Waals surface area contributed by atoms with Gasteiger partial charge in [0.25, 0.3) is 0 Å². The first-order valence-electron chi connectivity index (χ1n) is 34.9. The Hall–Kier alpha value is -1.91. The predicted octanol–water partition coefficient (Wildman–Crippen LogP) is -7.38. The monoisotopic (exact) mass is 1450 g/mol. The van der Waals surface area contributed by atoms with E-state index in [1.54, 1.807) is 0 Å². The Morgan fingerprint density at radius 3 is 1.32 bits per heavy atom. The molecule has 34 nitrogen and oxygen atoms in total. The molecule has 9 fully saturated rings. The summed E-state index contributed by atoms with van der Waals surface area (Å²) in [6.07, 6.45) is -48.7. The molecule has 100 heavy (non-hydrogen) atoms. The molecule has 0 radical (unpaired) electrons. The minimum atomic E-state index is -1.99. The van der Waals surface area contributed by atoms with Gasteiger partial charge in [0.1, 0.15) is 152 Å². The van der Waals surface area contributed by atoms with Crippen LogP contribution in [0.1, 0.15) is 107 Å². The SMILES string of the molecule is C[C@H](CC[C@@H](OC1OC(COC2OC(CO)C(O)C(O)C2O)C(O)C(O)C1OC1OC(CO)C(O)C(O)C1O)C(C)(C)O)C1CC[C@@]2(C)C3CC=C4C(CC[C@H](OC5OC(COC6OC(CO)C(O)C(O)C6O)C(O)C(O)C5OC5OC(CO)C(O)C(O)C5O)C4(C)C)[C@]3(C)C(=O)C[C@]12C. The molecule has 39 atom stereocenters. The van der Waals surface area contributed by atoms with Crippen molar-refractivity contribution in [2.24, 2.45) is 45.3 Å². The number of ketones is 1. The molecule has 0 aromatic carbocycles. The molecule has 0 amide bonds. The van der Waals surface area contributed by atoms with E-state index in [1.807, 2.05) is 13.8 Å². The van der Waals surface area contributed by atoms with Crippen molar-refractivity contribution in [3.8, 4) is 0 Å². The van der Waals surface area contributed by atoms with Crippen LogP contribution in [0.25, 0.3) is 0 Å². The molecule has 6 aliphatic heterocycles. The lowest BCUT2D eigenvalue weighted by atomic mass is 9.38. The van der Waals surface area contributed by atoms with Crippen LogP contribution >= 0.6 is 0 Å². The second kappa shape index (κ2) is 31.4. The molecule has 0 bridgehead atoms. The Bertz CT molecular complexity index is 2720. The fourth-order valence-electron chi connectivity index (χ4n) is 18.2. The average molecular weight is 1450 g/mol. The first-order chi connectivity index (χ1) is 46.9. The summed E-state index contributed by atoms with van der Waals surface area (Å²) in [5, 5.41) is 226. The molecule has 33 unspecified atom stereocenters. The zero-order valence-electron chi connectivity index (χ0n) is 57.5. The molecular weight excluding hydrogens is 1340 g/mol. The molecule has 578 valence electrons. The highest BCUT2D eigenvalue weighted by atomic mass is 16.8. The zero-order valence-corrected chi connectivity index (χ0v) is 57.5. The molecule has 0 spiro atoms. The summed E-state index contributed by atoms with van der Waals surface area (Å²) in [4.78, 5) is 15.6. The van der Waals surface area contributed by atoms with E-state index in [-0.39, 0.29) is 42.3 Å². The van der Waals surface area contributed by atoms with Crippen molar-refractivity contribution in [2.45, 2.75) is 309 Å². The van der Waals surface area contributed by atoms with Crippen molar-refractivity contribution in [3.63, 3.8) is 0 Å². The number of carbonyl (C=O) groups excluding carboxylic acids is 1. The average Bonchev–Trinajstić information content (AvgIpc) is 1.33. The highest BCUT2D eigenvalue weighted by Gasteiger charge is 2.71. The van der Waals surface area contributed by atoms with E-state index in [2.05, 4.69) is 33.8 Å². The third-order valence-corrected chi connectivity index (χ3v) is 24.7. The number of aliphatic hydroxyl groups is 21. The minimum Gasteiger partial charge on any atom is -0.394 e. The van der Waals surface area contributed by atoms with Crippen LogP contribution in [-0.4, -0.2) is 355 Å². The first-order valence-corrected chi connectivity index (χ1v) is 34.9. The fourth-order valence-corrected chi connectivity index (χ4v) is 18.2. The molecule has 34 heteroatoms. The molecule has 4 aliphatic carbocycles. The van der Waals surface area contributed by atoms with Gasteiger partial charge in [0.2, 0.25) is 0 Å². The maximum Gasteiger partial charge on any atom is 0.187 e. The number of fused-ring (bicyclic) bond motifs is 5. The van der Waals surface area contributed by atoms with Gasteiger partial charge in [-0.05, 0) is 93.3 Å². The van der Waals surface area contributed by atoms with Crippen LogP contribution in [0.15, 0.2) is 11.6 Å². The second-order valence-electron chi connectivity index (χ2n) is 31.3. The van der Waals surface area contributed by atoms with Crippen LogP contribution in [0.4, 0.5) is 0 Å². The number of Topliss-reactive ketones (excluding diaryl/α,β-unsaturated/α-hetero) is 1. The molecule has 10 rings (SSSR count). The highest BCUT2D eigenvalue weighted by Crippen LogP contribution is 2.74. The summed E-state index contributed by atoms with van der Waals surface area (Å²) in [5.41, 5.74) is -3.50. The number of rotatable bonds is 23. The van der Waals surface area contributed by atoms with Crippen LogP contribution < -0.4 is 0 Å². The molecular formula is C66H110O34. The van der Waals surface area contributed by atoms with Gasteiger partial charge in [0, 0.05) is 17.3 Å². The van der Waals surface area contributed by atoms with Crippen molar-refractivity contribution in [2.75, 3.05) is 39.6 Å². The van der Waals surface area contributed by atoms with Crippen molar-refractivity contribution < 1.29 is 169 Å². The van der Waals surface area contributed by atoms with Crippen molar-refractivity contribution in [3.05, 3.63) is 11.6 Å². The Labute approximate surface area is 578 Å². The number of hydrogen-bond donors (Lipinski definition) is 21. The van der Waals surface area contributed by atoms with Gasteiger partial charge in [-0.3, -0.25) is 4.79 Å². The number of allylic oxidation sites excluding steroid dienone is 1. The van der Waals surface area contributed by atoms with Crippen LogP contribution in [-0.2, 0) is 61.6 Å². The van der Waals surface area contributed by atoms with E-state index in [1.165, 1.54) is 13.8 Å². The van der Waals surface area contributed by atoms with E-state index < -0.39 is 263 Å². The van der Waals surface area contributed by atoms with Gasteiger partial charge in [-0.15, -0.1) is 0 Å². The quantitative estimate of drug-likeness (QED) is 0.0423. The third-order valence-electron chi connectivity index (χ3n) is 24.7. The van der Waals surface area contributed by atoms with Gasteiger partial charge < -0.3 is 164 Å². The lowest BCUT2D eigenvalue weighted by molar-refractivity contribution is -0.380. The maximum absolute atomic E-state index is 15.6. The van der Waals surface area contributed by atoms with E-state index in [0.29, 0.717) is 25.7 Å². The Kier molecular flexibility index (Phi) is 25.3. The summed E-state index contributed by atoms with van der Waals surface area (Å²) in [6.45, 7) is 10.9. The van der Waals surface area contributed by atoms with Gasteiger partial charge in [0.05, 0.1) is 57.5 Å². The summed E-state index contributed by atoms with van der Waals surface area (Å²) < 4.78 is 71.8. The molecule has 0 aromatic rings. The predicted molar refractivity (Wildman–Crippen MR) is 332 cm³/mol. The Balaban J connectivity index is 0.853. The summed E-state index contributed by atoms with van der Waals surface area (Å²) in [6, 6.07) is 0.